The van der Waals surface area contributed by atoms with E-state index < -0.39 is 0 Å². The van der Waals surface area contributed by atoms with Gasteiger partial charge in [-0.15, -0.1) is 0 Å². The Morgan fingerprint density at radius 2 is 1.64 bits per heavy atom. The van der Waals surface area contributed by atoms with Gasteiger partial charge in [-0.2, -0.15) is 0 Å². The standard InChI is InChI=1S/C19H13FO2/c1-21-16-8-4-3-7-14(16)18-15(20)11-10-13-12-6-2-5-9-17(12)22-19(13)18/h2-11H,1H3. The van der Waals surface area contributed by atoms with Crippen molar-refractivity contribution in [2.75, 3.05) is 7.11 Å². The van der Waals surface area contributed by atoms with Crippen molar-refractivity contribution in [3.63, 3.8) is 0 Å². The number of hydrogen-bond acceptors (Lipinski definition) is 2. The van der Waals surface area contributed by atoms with E-state index in [0.717, 1.165) is 16.4 Å². The molecule has 0 aliphatic rings. The van der Waals surface area contributed by atoms with Crippen molar-refractivity contribution >= 4 is 21.9 Å². The van der Waals surface area contributed by atoms with Crippen LogP contribution in [-0.4, -0.2) is 7.11 Å². The fourth-order valence-electron chi connectivity index (χ4n) is 2.87. The zero-order valence-corrected chi connectivity index (χ0v) is 12.0. The first-order valence-corrected chi connectivity index (χ1v) is 7.02. The van der Waals surface area contributed by atoms with Crippen LogP contribution in [0.25, 0.3) is 33.1 Å². The van der Waals surface area contributed by atoms with Gasteiger partial charge >= 0.3 is 0 Å². The van der Waals surface area contributed by atoms with Gasteiger partial charge in [0.1, 0.15) is 22.7 Å². The summed E-state index contributed by atoms with van der Waals surface area (Å²) < 4.78 is 25.8. The van der Waals surface area contributed by atoms with Crippen molar-refractivity contribution in [3.8, 4) is 16.9 Å². The molecule has 1 heterocycles. The maximum absolute atomic E-state index is 14.5. The molecule has 3 aromatic carbocycles. The summed E-state index contributed by atoms with van der Waals surface area (Å²) in [5.41, 5.74) is 2.42. The van der Waals surface area contributed by atoms with Gasteiger partial charge in [0.05, 0.1) is 12.7 Å². The van der Waals surface area contributed by atoms with Gasteiger partial charge in [-0.05, 0) is 24.3 Å². The van der Waals surface area contributed by atoms with Gasteiger partial charge in [0.25, 0.3) is 0 Å². The number of rotatable bonds is 2. The molecule has 4 aromatic rings. The molecule has 0 spiro atoms. The summed E-state index contributed by atoms with van der Waals surface area (Å²) in [6.45, 7) is 0. The Morgan fingerprint density at radius 3 is 2.50 bits per heavy atom. The minimum atomic E-state index is -0.323. The predicted octanol–water partition coefficient (Wildman–Crippen LogP) is 5.40. The first-order valence-electron chi connectivity index (χ1n) is 7.02. The second-order valence-electron chi connectivity index (χ2n) is 5.10. The van der Waals surface area contributed by atoms with Gasteiger partial charge in [-0.1, -0.05) is 36.4 Å². The fourth-order valence-corrected chi connectivity index (χ4v) is 2.87. The lowest BCUT2D eigenvalue weighted by Crippen LogP contribution is -1.90. The summed E-state index contributed by atoms with van der Waals surface area (Å²) in [4.78, 5) is 0. The predicted molar refractivity (Wildman–Crippen MR) is 85.7 cm³/mol. The molecular formula is C19H13FO2. The lowest BCUT2D eigenvalue weighted by molar-refractivity contribution is 0.416. The highest BCUT2D eigenvalue weighted by molar-refractivity contribution is 6.10. The average Bonchev–Trinajstić information content (AvgIpc) is 2.93. The van der Waals surface area contributed by atoms with Crippen LogP contribution < -0.4 is 4.74 Å². The van der Waals surface area contributed by atoms with Crippen LogP contribution >= 0.6 is 0 Å². The van der Waals surface area contributed by atoms with E-state index in [1.54, 1.807) is 13.2 Å². The molecule has 0 unspecified atom stereocenters. The second kappa shape index (κ2) is 4.88. The van der Waals surface area contributed by atoms with Crippen LogP contribution in [0.1, 0.15) is 0 Å². The van der Waals surface area contributed by atoms with Gasteiger partial charge in [0.2, 0.25) is 0 Å². The third kappa shape index (κ3) is 1.79. The molecule has 22 heavy (non-hydrogen) atoms. The number of halogens is 1. The molecule has 0 N–H and O–H groups in total. The lowest BCUT2D eigenvalue weighted by Gasteiger charge is -2.09. The monoisotopic (exact) mass is 292 g/mol. The molecule has 108 valence electrons. The quantitative estimate of drug-likeness (QED) is 0.493. The molecule has 0 bridgehead atoms. The Morgan fingerprint density at radius 1 is 0.864 bits per heavy atom. The highest BCUT2D eigenvalue weighted by Gasteiger charge is 2.18. The molecule has 0 atom stereocenters. The summed E-state index contributed by atoms with van der Waals surface area (Å²) in [5, 5.41) is 1.88. The van der Waals surface area contributed by atoms with E-state index in [0.29, 0.717) is 22.5 Å². The third-order valence-electron chi connectivity index (χ3n) is 3.87. The van der Waals surface area contributed by atoms with E-state index in [4.69, 9.17) is 9.15 Å². The Bertz CT molecular complexity index is 985. The number of para-hydroxylation sites is 2. The zero-order chi connectivity index (χ0) is 15.1. The first-order chi connectivity index (χ1) is 10.8. The van der Waals surface area contributed by atoms with Gasteiger partial charge < -0.3 is 9.15 Å². The van der Waals surface area contributed by atoms with Crippen LogP contribution in [0.4, 0.5) is 4.39 Å². The number of furan rings is 1. The largest absolute Gasteiger partial charge is 0.496 e. The van der Waals surface area contributed by atoms with Crippen LogP contribution in [0.5, 0.6) is 5.75 Å². The van der Waals surface area contributed by atoms with Crippen molar-refractivity contribution < 1.29 is 13.5 Å². The summed E-state index contributed by atoms with van der Waals surface area (Å²) >= 11 is 0. The van der Waals surface area contributed by atoms with Crippen LogP contribution in [0.2, 0.25) is 0 Å². The van der Waals surface area contributed by atoms with Crippen LogP contribution in [0, 0.1) is 5.82 Å². The molecule has 2 nitrogen and oxygen atoms in total. The smallest absolute Gasteiger partial charge is 0.146 e. The summed E-state index contributed by atoms with van der Waals surface area (Å²) in [7, 11) is 1.58. The molecule has 0 saturated heterocycles. The van der Waals surface area contributed by atoms with Crippen LogP contribution in [0.15, 0.2) is 65.1 Å². The van der Waals surface area contributed by atoms with Gasteiger partial charge in [-0.3, -0.25) is 0 Å². The van der Waals surface area contributed by atoms with Crippen LogP contribution in [-0.2, 0) is 0 Å². The summed E-state index contributed by atoms with van der Waals surface area (Å²) in [5.74, 6) is 0.297. The van der Waals surface area contributed by atoms with E-state index in [9.17, 15) is 4.39 Å². The first kappa shape index (κ1) is 12.9. The Kier molecular flexibility index (Phi) is 2.86. The second-order valence-corrected chi connectivity index (χ2v) is 5.10. The van der Waals surface area contributed by atoms with E-state index in [1.165, 1.54) is 6.07 Å². The molecule has 0 radical (unpaired) electrons. The highest BCUT2D eigenvalue weighted by atomic mass is 19.1. The number of ether oxygens (including phenoxy) is 1. The molecule has 4 rings (SSSR count). The van der Waals surface area contributed by atoms with Gasteiger partial charge in [0.15, 0.2) is 0 Å². The molecule has 0 fully saturated rings. The van der Waals surface area contributed by atoms with E-state index in [2.05, 4.69) is 0 Å². The maximum Gasteiger partial charge on any atom is 0.146 e. The molecule has 0 saturated carbocycles. The topological polar surface area (TPSA) is 22.4 Å². The summed E-state index contributed by atoms with van der Waals surface area (Å²) in [6.07, 6.45) is 0. The maximum atomic E-state index is 14.5. The van der Waals surface area contributed by atoms with Crippen molar-refractivity contribution in [2.45, 2.75) is 0 Å². The molecule has 0 aliphatic heterocycles. The Balaban J connectivity index is 2.15. The number of methoxy groups -OCH3 is 1. The van der Waals surface area contributed by atoms with Crippen molar-refractivity contribution in [2.24, 2.45) is 0 Å². The molecule has 3 heteroatoms. The Hall–Kier alpha value is -2.81. The molecule has 0 aliphatic carbocycles. The zero-order valence-electron chi connectivity index (χ0n) is 12.0. The molecular weight excluding hydrogens is 279 g/mol. The normalized spacial score (nSPS) is 11.2. The highest BCUT2D eigenvalue weighted by Crippen LogP contribution is 2.40. The lowest BCUT2D eigenvalue weighted by atomic mass is 10.0. The van der Waals surface area contributed by atoms with Gasteiger partial charge in [0, 0.05) is 16.3 Å². The minimum absolute atomic E-state index is 0.323. The van der Waals surface area contributed by atoms with E-state index >= 15 is 0 Å². The molecule has 1 aromatic heterocycles. The fraction of sp³-hybridized carbons (Fsp3) is 0.0526. The van der Waals surface area contributed by atoms with E-state index in [-0.39, 0.29) is 5.82 Å². The average molecular weight is 292 g/mol. The van der Waals surface area contributed by atoms with Crippen molar-refractivity contribution in [1.82, 2.24) is 0 Å². The minimum Gasteiger partial charge on any atom is -0.496 e. The summed E-state index contributed by atoms with van der Waals surface area (Å²) in [6, 6.07) is 18.3. The van der Waals surface area contributed by atoms with E-state index in [1.807, 2.05) is 48.5 Å². The molecule has 0 amide bonds. The number of fused-ring (bicyclic) bond motifs is 3. The number of benzene rings is 3. The number of hydrogen-bond donors (Lipinski definition) is 0. The van der Waals surface area contributed by atoms with Gasteiger partial charge in [-0.25, -0.2) is 4.39 Å². The van der Waals surface area contributed by atoms with Crippen molar-refractivity contribution in [3.05, 3.63) is 66.5 Å². The SMILES string of the molecule is COc1ccccc1-c1c(F)ccc2c1oc1ccccc12. The van der Waals surface area contributed by atoms with Crippen LogP contribution in [0.3, 0.4) is 0 Å². The third-order valence-corrected chi connectivity index (χ3v) is 3.87. The Labute approximate surface area is 126 Å². The van der Waals surface area contributed by atoms with Crippen molar-refractivity contribution in [1.29, 1.82) is 0 Å².